The van der Waals surface area contributed by atoms with Crippen LogP contribution in [-0.2, 0) is 4.79 Å². The predicted molar refractivity (Wildman–Crippen MR) is 52.5 cm³/mol. The van der Waals surface area contributed by atoms with Crippen LogP contribution >= 0.6 is 0 Å². The van der Waals surface area contributed by atoms with E-state index in [1.165, 1.54) is 0 Å². The smallest absolute Gasteiger partial charge is 0.306 e. The summed E-state index contributed by atoms with van der Waals surface area (Å²) in [6, 6.07) is 0. The van der Waals surface area contributed by atoms with Gasteiger partial charge in [-0.1, -0.05) is 19.1 Å². The highest BCUT2D eigenvalue weighted by molar-refractivity contribution is 5.70. The molecule has 0 amide bonds. The van der Waals surface area contributed by atoms with Crippen molar-refractivity contribution in [1.29, 1.82) is 0 Å². The maximum Gasteiger partial charge on any atom is 0.306 e. The van der Waals surface area contributed by atoms with Crippen LogP contribution in [0.3, 0.4) is 0 Å². The molecule has 0 aromatic rings. The summed E-state index contributed by atoms with van der Waals surface area (Å²) in [6.45, 7) is 2.12. The molecule has 0 atom stereocenters. The van der Waals surface area contributed by atoms with Crippen molar-refractivity contribution in [2.75, 3.05) is 0 Å². The molecule has 1 saturated carbocycles. The minimum Gasteiger partial charge on any atom is -0.481 e. The van der Waals surface area contributed by atoms with Gasteiger partial charge in [0.2, 0.25) is 0 Å². The van der Waals surface area contributed by atoms with E-state index in [0.717, 1.165) is 32.1 Å². The van der Waals surface area contributed by atoms with E-state index in [-0.39, 0.29) is 5.92 Å². The zero-order valence-electron chi connectivity index (χ0n) is 8.20. The molecule has 1 aliphatic carbocycles. The fourth-order valence-electron chi connectivity index (χ4n) is 1.89. The molecule has 1 aliphatic rings. The number of hydrogen-bond acceptors (Lipinski definition) is 1. The molecule has 0 spiro atoms. The van der Waals surface area contributed by atoms with Crippen LogP contribution in [0.25, 0.3) is 0 Å². The molecule has 13 heavy (non-hydrogen) atoms. The van der Waals surface area contributed by atoms with E-state index in [4.69, 9.17) is 5.11 Å². The molecule has 0 aromatic carbocycles. The molecule has 1 fully saturated rings. The number of allylic oxidation sites excluding steroid dienone is 2. The predicted octanol–water partition coefficient (Wildman–Crippen LogP) is 2.84. The number of aliphatic carboxylic acids is 1. The number of hydrogen-bond donors (Lipinski definition) is 1. The number of rotatable bonds is 3. The van der Waals surface area contributed by atoms with Crippen LogP contribution in [0.1, 0.15) is 39.0 Å². The maximum atomic E-state index is 10.7. The summed E-state index contributed by atoms with van der Waals surface area (Å²) >= 11 is 0. The summed E-state index contributed by atoms with van der Waals surface area (Å²) in [6.07, 6.45) is 9.33. The van der Waals surface area contributed by atoms with Gasteiger partial charge in [0, 0.05) is 0 Å². The van der Waals surface area contributed by atoms with E-state index in [2.05, 4.69) is 19.1 Å². The van der Waals surface area contributed by atoms with Gasteiger partial charge in [-0.25, -0.2) is 0 Å². The molecule has 74 valence electrons. The third-order valence-electron chi connectivity index (χ3n) is 2.77. The molecule has 0 heterocycles. The van der Waals surface area contributed by atoms with E-state index in [0.29, 0.717) is 5.92 Å². The monoisotopic (exact) mass is 182 g/mol. The van der Waals surface area contributed by atoms with E-state index in [9.17, 15) is 4.79 Å². The van der Waals surface area contributed by atoms with Crippen molar-refractivity contribution < 1.29 is 9.90 Å². The van der Waals surface area contributed by atoms with Crippen molar-refractivity contribution in [2.24, 2.45) is 11.8 Å². The molecule has 0 radical (unpaired) electrons. The molecule has 1 rings (SSSR count). The van der Waals surface area contributed by atoms with Gasteiger partial charge in [-0.15, -0.1) is 0 Å². The molecule has 0 unspecified atom stereocenters. The lowest BCUT2D eigenvalue weighted by Gasteiger charge is -2.23. The highest BCUT2D eigenvalue weighted by Crippen LogP contribution is 2.29. The van der Waals surface area contributed by atoms with Crippen LogP contribution in [0.15, 0.2) is 12.2 Å². The van der Waals surface area contributed by atoms with Gasteiger partial charge in [0.05, 0.1) is 5.92 Å². The van der Waals surface area contributed by atoms with Crippen molar-refractivity contribution in [3.8, 4) is 0 Å². The van der Waals surface area contributed by atoms with Crippen LogP contribution in [0, 0.1) is 11.8 Å². The van der Waals surface area contributed by atoms with Crippen LogP contribution in [-0.4, -0.2) is 11.1 Å². The molecule has 2 heteroatoms. The van der Waals surface area contributed by atoms with Gasteiger partial charge in [-0.05, 0) is 38.0 Å². The molecule has 0 aliphatic heterocycles. The third kappa shape index (κ3) is 3.21. The Kier molecular flexibility index (Phi) is 4.00. The van der Waals surface area contributed by atoms with Crippen LogP contribution in [0.2, 0.25) is 0 Å². The standard InChI is InChI=1S/C11H18O2/c1-2-3-4-9-5-7-10(8-6-9)11(12)13/h3-4,9-10H,2,5-8H2,1H3,(H,12,13)/b4-3+/t9-,10-. The van der Waals surface area contributed by atoms with Gasteiger partial charge in [0.15, 0.2) is 0 Å². The van der Waals surface area contributed by atoms with Gasteiger partial charge in [-0.3, -0.25) is 4.79 Å². The Bertz CT molecular complexity index is 188. The first-order valence-electron chi connectivity index (χ1n) is 5.13. The normalized spacial score (nSPS) is 29.3. The van der Waals surface area contributed by atoms with Crippen molar-refractivity contribution >= 4 is 5.97 Å². The van der Waals surface area contributed by atoms with Crippen molar-refractivity contribution in [3.05, 3.63) is 12.2 Å². The maximum absolute atomic E-state index is 10.7. The van der Waals surface area contributed by atoms with Crippen molar-refractivity contribution in [1.82, 2.24) is 0 Å². The summed E-state index contributed by atoms with van der Waals surface area (Å²) in [5, 5.41) is 8.78. The quantitative estimate of drug-likeness (QED) is 0.681. The summed E-state index contributed by atoms with van der Waals surface area (Å²) in [5.74, 6) is -0.0558. The minimum atomic E-state index is -0.613. The SMILES string of the molecule is CC/C=C/[C@H]1CC[C@H](C(=O)O)CC1. The van der Waals surface area contributed by atoms with Crippen LogP contribution < -0.4 is 0 Å². The average molecular weight is 182 g/mol. The summed E-state index contributed by atoms with van der Waals surface area (Å²) in [4.78, 5) is 10.7. The molecule has 2 nitrogen and oxygen atoms in total. The second-order valence-corrected chi connectivity index (χ2v) is 3.79. The second-order valence-electron chi connectivity index (χ2n) is 3.79. The molecule has 0 bridgehead atoms. The summed E-state index contributed by atoms with van der Waals surface area (Å²) < 4.78 is 0. The van der Waals surface area contributed by atoms with Gasteiger partial charge in [-0.2, -0.15) is 0 Å². The van der Waals surface area contributed by atoms with E-state index >= 15 is 0 Å². The van der Waals surface area contributed by atoms with Crippen molar-refractivity contribution in [2.45, 2.75) is 39.0 Å². The van der Waals surface area contributed by atoms with Gasteiger partial charge >= 0.3 is 5.97 Å². The fraction of sp³-hybridized carbons (Fsp3) is 0.727. The average Bonchev–Trinajstić information content (AvgIpc) is 2.15. The summed E-state index contributed by atoms with van der Waals surface area (Å²) in [5.41, 5.74) is 0. The Hall–Kier alpha value is -0.790. The number of carboxylic acids is 1. The van der Waals surface area contributed by atoms with Gasteiger partial charge in [0.25, 0.3) is 0 Å². The fourth-order valence-corrected chi connectivity index (χ4v) is 1.89. The van der Waals surface area contributed by atoms with E-state index in [1.54, 1.807) is 0 Å². The topological polar surface area (TPSA) is 37.3 Å². The molecule has 0 saturated heterocycles. The molecular weight excluding hydrogens is 164 g/mol. The third-order valence-corrected chi connectivity index (χ3v) is 2.77. The van der Waals surface area contributed by atoms with Crippen LogP contribution in [0.5, 0.6) is 0 Å². The van der Waals surface area contributed by atoms with Gasteiger partial charge < -0.3 is 5.11 Å². The Morgan fingerprint density at radius 2 is 2.00 bits per heavy atom. The lowest BCUT2D eigenvalue weighted by atomic mass is 9.82. The summed E-state index contributed by atoms with van der Waals surface area (Å²) in [7, 11) is 0. The van der Waals surface area contributed by atoms with Crippen LogP contribution in [0.4, 0.5) is 0 Å². The Morgan fingerprint density at radius 1 is 1.38 bits per heavy atom. The highest BCUT2D eigenvalue weighted by Gasteiger charge is 2.24. The van der Waals surface area contributed by atoms with E-state index < -0.39 is 5.97 Å². The highest BCUT2D eigenvalue weighted by atomic mass is 16.4. The van der Waals surface area contributed by atoms with Gasteiger partial charge in [0.1, 0.15) is 0 Å². The molecule has 1 N–H and O–H groups in total. The Balaban J connectivity index is 2.30. The Morgan fingerprint density at radius 3 is 2.46 bits per heavy atom. The zero-order chi connectivity index (χ0) is 9.68. The Labute approximate surface area is 79.6 Å². The first-order chi connectivity index (χ1) is 6.24. The largest absolute Gasteiger partial charge is 0.481 e. The number of carboxylic acid groups (broad SMARTS) is 1. The number of carbonyl (C=O) groups is 1. The zero-order valence-corrected chi connectivity index (χ0v) is 8.20. The molecular formula is C11H18O2. The lowest BCUT2D eigenvalue weighted by molar-refractivity contribution is -0.142. The lowest BCUT2D eigenvalue weighted by Crippen LogP contribution is -2.20. The van der Waals surface area contributed by atoms with Crippen molar-refractivity contribution in [3.63, 3.8) is 0 Å². The minimum absolute atomic E-state index is 0.0775. The first kappa shape index (κ1) is 10.3. The first-order valence-corrected chi connectivity index (χ1v) is 5.13. The van der Waals surface area contributed by atoms with E-state index in [1.807, 2.05) is 0 Å². The second kappa shape index (κ2) is 5.05. The molecule has 0 aromatic heterocycles.